The van der Waals surface area contributed by atoms with E-state index in [4.69, 9.17) is 4.42 Å². The number of aryl methyl sites for hydroxylation is 1. The largest absolute Gasteiger partial charge is 0.451 e. The maximum Gasteiger partial charge on any atom is 0.291 e. The fourth-order valence-electron chi connectivity index (χ4n) is 1.90. The quantitative estimate of drug-likeness (QED) is 0.724. The highest BCUT2D eigenvalue weighted by molar-refractivity contribution is 6.06. The van der Waals surface area contributed by atoms with Gasteiger partial charge in [-0.1, -0.05) is 18.2 Å². The lowest BCUT2D eigenvalue weighted by molar-refractivity contribution is 0.0998. The molecule has 90 valence electrons. The van der Waals surface area contributed by atoms with E-state index in [0.717, 1.165) is 10.9 Å². The third-order valence-electron chi connectivity index (χ3n) is 2.81. The first-order valence-corrected chi connectivity index (χ1v) is 5.54. The molecule has 0 aliphatic rings. The van der Waals surface area contributed by atoms with Crippen molar-refractivity contribution in [1.29, 1.82) is 0 Å². The number of rotatable bonds is 2. The second-order valence-electron chi connectivity index (χ2n) is 3.99. The summed E-state index contributed by atoms with van der Waals surface area (Å²) in [6.07, 6.45) is 3.14. The molecule has 18 heavy (non-hydrogen) atoms. The van der Waals surface area contributed by atoms with E-state index < -0.39 is 0 Å². The Hall–Kier alpha value is -2.56. The zero-order chi connectivity index (χ0) is 12.5. The van der Waals surface area contributed by atoms with E-state index in [1.165, 1.54) is 6.20 Å². The van der Waals surface area contributed by atoms with Gasteiger partial charge in [0.25, 0.3) is 5.91 Å². The molecule has 2 heterocycles. The van der Waals surface area contributed by atoms with Crippen molar-refractivity contribution in [2.75, 3.05) is 5.32 Å². The van der Waals surface area contributed by atoms with Crippen molar-refractivity contribution in [3.8, 4) is 0 Å². The van der Waals surface area contributed by atoms with Crippen LogP contribution in [0, 0.1) is 6.92 Å². The van der Waals surface area contributed by atoms with E-state index in [0.29, 0.717) is 17.0 Å². The zero-order valence-electron chi connectivity index (χ0n) is 9.73. The van der Waals surface area contributed by atoms with E-state index in [1.54, 1.807) is 6.20 Å². The number of hydrogen-bond donors (Lipinski definition) is 2. The van der Waals surface area contributed by atoms with E-state index in [9.17, 15) is 4.79 Å². The average molecular weight is 241 g/mol. The van der Waals surface area contributed by atoms with Gasteiger partial charge in [0.05, 0.1) is 11.9 Å². The summed E-state index contributed by atoms with van der Waals surface area (Å²) in [4.78, 5) is 12.1. The number of nitrogens with one attached hydrogen (secondary N) is 2. The summed E-state index contributed by atoms with van der Waals surface area (Å²) in [5.41, 5.74) is 2.17. The molecule has 0 saturated carbocycles. The van der Waals surface area contributed by atoms with Gasteiger partial charge in [-0.3, -0.25) is 9.89 Å². The van der Waals surface area contributed by atoms with Gasteiger partial charge in [0.15, 0.2) is 5.76 Å². The molecule has 0 spiro atoms. The molecule has 2 N–H and O–H groups in total. The first-order valence-electron chi connectivity index (χ1n) is 5.54. The van der Waals surface area contributed by atoms with Gasteiger partial charge in [-0.2, -0.15) is 5.10 Å². The van der Waals surface area contributed by atoms with E-state index >= 15 is 0 Å². The highest BCUT2D eigenvalue weighted by Crippen LogP contribution is 2.25. The van der Waals surface area contributed by atoms with Gasteiger partial charge >= 0.3 is 0 Å². The van der Waals surface area contributed by atoms with Crippen molar-refractivity contribution in [3.63, 3.8) is 0 Å². The Bertz CT molecular complexity index is 698. The molecule has 0 unspecified atom stereocenters. The minimum absolute atomic E-state index is 0.273. The molecule has 0 aliphatic heterocycles. The number of amides is 1. The number of H-pyrrole nitrogens is 1. The molecule has 0 fully saturated rings. The van der Waals surface area contributed by atoms with Gasteiger partial charge in [-0.15, -0.1) is 0 Å². The number of anilines is 1. The Balaban J connectivity index is 1.99. The molecule has 5 nitrogen and oxygen atoms in total. The van der Waals surface area contributed by atoms with Crippen molar-refractivity contribution in [2.45, 2.75) is 6.92 Å². The molecule has 0 bridgehead atoms. The number of benzene rings is 1. The Morgan fingerprint density at radius 3 is 2.94 bits per heavy atom. The number of hydrogen-bond acceptors (Lipinski definition) is 3. The summed E-state index contributed by atoms with van der Waals surface area (Å²) in [5, 5.41) is 10.1. The maximum absolute atomic E-state index is 12.1. The van der Waals surface area contributed by atoms with Gasteiger partial charge in [0, 0.05) is 17.1 Å². The van der Waals surface area contributed by atoms with Crippen LogP contribution in [0.1, 0.15) is 16.1 Å². The standard InChI is InChI=1S/C13H11N3O2/c1-8-10-4-2-3-5-11(10)18-12(8)13(17)16-9-6-14-15-7-9/h2-7H,1H3,(H,14,15)(H,16,17). The molecule has 0 radical (unpaired) electrons. The van der Waals surface area contributed by atoms with Crippen LogP contribution in [0.15, 0.2) is 41.1 Å². The summed E-state index contributed by atoms with van der Waals surface area (Å²) in [7, 11) is 0. The van der Waals surface area contributed by atoms with Gasteiger partial charge in [0.1, 0.15) is 5.58 Å². The van der Waals surface area contributed by atoms with Gasteiger partial charge < -0.3 is 9.73 Å². The van der Waals surface area contributed by atoms with Crippen molar-refractivity contribution in [3.05, 3.63) is 48.0 Å². The van der Waals surface area contributed by atoms with Gasteiger partial charge in [-0.05, 0) is 13.0 Å². The number of fused-ring (bicyclic) bond motifs is 1. The first-order chi connectivity index (χ1) is 8.75. The topological polar surface area (TPSA) is 70.9 Å². The lowest BCUT2D eigenvalue weighted by Gasteiger charge is -1.99. The summed E-state index contributed by atoms with van der Waals surface area (Å²) in [5.74, 6) is 0.0579. The number of aromatic nitrogens is 2. The second-order valence-corrected chi connectivity index (χ2v) is 3.99. The van der Waals surface area contributed by atoms with Crippen LogP contribution in [-0.2, 0) is 0 Å². The number of nitrogens with zero attached hydrogens (tertiary/aromatic N) is 1. The van der Waals surface area contributed by atoms with Crippen molar-refractivity contribution >= 4 is 22.6 Å². The summed E-state index contributed by atoms with van der Waals surface area (Å²) < 4.78 is 5.57. The Morgan fingerprint density at radius 1 is 1.39 bits per heavy atom. The van der Waals surface area contributed by atoms with Crippen LogP contribution in [0.5, 0.6) is 0 Å². The van der Waals surface area contributed by atoms with Crippen molar-refractivity contribution < 1.29 is 9.21 Å². The SMILES string of the molecule is Cc1c(C(=O)Nc2cn[nH]c2)oc2ccccc12. The van der Waals surface area contributed by atoms with Gasteiger partial charge in [0.2, 0.25) is 0 Å². The van der Waals surface area contributed by atoms with Crippen LogP contribution in [-0.4, -0.2) is 16.1 Å². The molecular weight excluding hydrogens is 230 g/mol. The minimum atomic E-state index is -0.273. The molecular formula is C13H11N3O2. The van der Waals surface area contributed by atoms with Gasteiger partial charge in [-0.25, -0.2) is 0 Å². The minimum Gasteiger partial charge on any atom is -0.451 e. The smallest absolute Gasteiger partial charge is 0.291 e. The number of carbonyl (C=O) groups excluding carboxylic acids is 1. The molecule has 3 rings (SSSR count). The molecule has 1 aromatic carbocycles. The maximum atomic E-state index is 12.1. The summed E-state index contributed by atoms with van der Waals surface area (Å²) in [6.45, 7) is 1.87. The van der Waals surface area contributed by atoms with E-state index in [2.05, 4.69) is 15.5 Å². The normalized spacial score (nSPS) is 10.7. The fraction of sp³-hybridized carbons (Fsp3) is 0.0769. The predicted molar refractivity (Wildman–Crippen MR) is 67.5 cm³/mol. The average Bonchev–Trinajstić information content (AvgIpc) is 2.98. The molecule has 0 atom stereocenters. The molecule has 5 heteroatoms. The van der Waals surface area contributed by atoms with Crippen LogP contribution in [0.3, 0.4) is 0 Å². The Labute approximate surface area is 103 Å². The third kappa shape index (κ3) is 1.66. The van der Waals surface area contributed by atoms with Crippen molar-refractivity contribution in [1.82, 2.24) is 10.2 Å². The fourth-order valence-corrected chi connectivity index (χ4v) is 1.90. The number of carbonyl (C=O) groups is 1. The van der Waals surface area contributed by atoms with Crippen LogP contribution in [0.4, 0.5) is 5.69 Å². The van der Waals surface area contributed by atoms with Crippen LogP contribution >= 0.6 is 0 Å². The number of aromatic amines is 1. The first kappa shape index (κ1) is 10.6. The predicted octanol–water partition coefficient (Wildman–Crippen LogP) is 2.72. The lowest BCUT2D eigenvalue weighted by atomic mass is 10.1. The molecule has 0 saturated heterocycles. The highest BCUT2D eigenvalue weighted by Gasteiger charge is 2.17. The summed E-state index contributed by atoms with van der Waals surface area (Å²) >= 11 is 0. The van der Waals surface area contributed by atoms with E-state index in [1.807, 2.05) is 31.2 Å². The number of furan rings is 1. The zero-order valence-corrected chi connectivity index (χ0v) is 9.73. The lowest BCUT2D eigenvalue weighted by Crippen LogP contribution is -2.11. The van der Waals surface area contributed by atoms with Crippen LogP contribution in [0.2, 0.25) is 0 Å². The number of para-hydroxylation sites is 1. The Kier molecular flexibility index (Phi) is 2.37. The highest BCUT2D eigenvalue weighted by atomic mass is 16.3. The molecule has 1 amide bonds. The second kappa shape index (κ2) is 4.03. The molecule has 3 aromatic rings. The summed E-state index contributed by atoms with van der Waals surface area (Å²) in [6, 6.07) is 7.57. The van der Waals surface area contributed by atoms with E-state index in [-0.39, 0.29) is 5.91 Å². The van der Waals surface area contributed by atoms with Crippen LogP contribution in [0.25, 0.3) is 11.0 Å². The molecule has 0 aliphatic carbocycles. The molecule has 2 aromatic heterocycles. The monoisotopic (exact) mass is 241 g/mol. The third-order valence-corrected chi connectivity index (χ3v) is 2.81. The van der Waals surface area contributed by atoms with Crippen molar-refractivity contribution in [2.24, 2.45) is 0 Å². The van der Waals surface area contributed by atoms with Crippen LogP contribution < -0.4 is 5.32 Å². The Morgan fingerprint density at radius 2 is 2.22 bits per heavy atom.